The molecule has 1 aromatic heterocycles. The molecule has 0 bridgehead atoms. The fourth-order valence-corrected chi connectivity index (χ4v) is 5.01. The molecule has 14 heteroatoms. The van der Waals surface area contributed by atoms with E-state index < -0.39 is 43.8 Å². The summed E-state index contributed by atoms with van der Waals surface area (Å²) in [5.41, 5.74) is -2.02. The van der Waals surface area contributed by atoms with Crippen LogP contribution in [-0.4, -0.2) is 27.7 Å². The molecule has 0 radical (unpaired) electrons. The third kappa shape index (κ3) is 5.97. The number of unbranched alkanes of at least 4 members (excludes halogenated alkanes) is 1. The van der Waals surface area contributed by atoms with E-state index >= 15 is 0 Å². The van der Waals surface area contributed by atoms with Crippen LogP contribution in [0.1, 0.15) is 36.7 Å². The Labute approximate surface area is 226 Å². The van der Waals surface area contributed by atoms with Crippen molar-refractivity contribution < 1.29 is 26.5 Å². The minimum Gasteiger partial charge on any atom is -0.274 e. The fourth-order valence-electron chi connectivity index (χ4n) is 4.25. The highest BCUT2D eigenvalue weighted by molar-refractivity contribution is 7.89. The average molecular weight is 576 g/mol. The van der Waals surface area contributed by atoms with Crippen molar-refractivity contribution in [3.8, 4) is 16.8 Å². The Morgan fingerprint density at radius 1 is 1.05 bits per heavy atom. The number of nitro groups is 1. The summed E-state index contributed by atoms with van der Waals surface area (Å²) < 4.78 is 67.3. The number of sulfonamides is 1. The van der Waals surface area contributed by atoms with E-state index in [0.29, 0.717) is 40.3 Å². The second-order valence-corrected chi connectivity index (χ2v) is 10.5. The molecule has 0 unspecified atom stereocenters. The average Bonchev–Trinajstić information content (AvgIpc) is 3.21. The second-order valence-electron chi connectivity index (χ2n) is 8.99. The summed E-state index contributed by atoms with van der Waals surface area (Å²) in [4.78, 5) is 23.5. The highest BCUT2D eigenvalue weighted by Gasteiger charge is 2.37. The number of non-ortho nitro benzene ring substituents is 1. The topological polar surface area (TPSA) is 143 Å². The predicted octanol–water partition coefficient (Wildman–Crippen LogP) is 4.67. The Bertz CT molecular complexity index is 1730. The van der Waals surface area contributed by atoms with Crippen molar-refractivity contribution in [2.24, 2.45) is 5.14 Å². The third-order valence-corrected chi connectivity index (χ3v) is 7.19. The first-order valence-corrected chi connectivity index (χ1v) is 13.6. The van der Waals surface area contributed by atoms with Gasteiger partial charge in [-0.1, -0.05) is 55.8 Å². The number of primary sulfonamides is 1. The summed E-state index contributed by atoms with van der Waals surface area (Å²) in [6, 6.07) is 15.0. The van der Waals surface area contributed by atoms with Crippen LogP contribution in [-0.2, 0) is 29.2 Å². The van der Waals surface area contributed by atoms with Gasteiger partial charge in [0.2, 0.25) is 10.0 Å². The lowest BCUT2D eigenvalue weighted by molar-refractivity contribution is -0.385. The first-order chi connectivity index (χ1) is 18.8. The van der Waals surface area contributed by atoms with Crippen LogP contribution < -0.4 is 10.8 Å². The van der Waals surface area contributed by atoms with Crippen LogP contribution >= 0.6 is 0 Å². The van der Waals surface area contributed by atoms with Gasteiger partial charge in [-0.2, -0.15) is 17.9 Å². The molecule has 0 aliphatic carbocycles. The van der Waals surface area contributed by atoms with Gasteiger partial charge in [-0.3, -0.25) is 14.7 Å². The van der Waals surface area contributed by atoms with Gasteiger partial charge >= 0.3 is 11.9 Å². The van der Waals surface area contributed by atoms with E-state index in [2.05, 4.69) is 5.10 Å². The van der Waals surface area contributed by atoms with Crippen molar-refractivity contribution in [1.82, 2.24) is 14.3 Å². The Kier molecular flexibility index (Phi) is 7.93. The van der Waals surface area contributed by atoms with E-state index in [-0.39, 0.29) is 17.3 Å². The SMILES string of the molecule is CCCCc1nn(-c2ccc([N+](=O)[O-])cc2C(F)(F)F)c(=O)n1Cc1ccc(-c2ccccc2S(N)(=O)=O)cc1. The van der Waals surface area contributed by atoms with Crippen LogP contribution in [0, 0.1) is 10.1 Å². The Morgan fingerprint density at radius 2 is 1.73 bits per heavy atom. The molecule has 2 N–H and O–H groups in total. The summed E-state index contributed by atoms with van der Waals surface area (Å²) in [5.74, 6) is 0.252. The van der Waals surface area contributed by atoms with Crippen LogP contribution in [0.25, 0.3) is 16.8 Å². The number of benzene rings is 3. The zero-order valence-electron chi connectivity index (χ0n) is 21.1. The van der Waals surface area contributed by atoms with Gasteiger partial charge in [0.25, 0.3) is 5.69 Å². The minimum atomic E-state index is -4.97. The number of aromatic nitrogens is 3. The fraction of sp³-hybridized carbons (Fsp3) is 0.231. The molecule has 0 saturated carbocycles. The number of nitrogens with two attached hydrogens (primary N) is 1. The van der Waals surface area contributed by atoms with Crippen LogP contribution in [0.3, 0.4) is 0 Å². The molecule has 40 heavy (non-hydrogen) atoms. The Morgan fingerprint density at radius 3 is 2.33 bits per heavy atom. The normalized spacial score (nSPS) is 12.0. The second kappa shape index (κ2) is 11.1. The molecule has 0 aliphatic heterocycles. The highest BCUT2D eigenvalue weighted by Crippen LogP contribution is 2.35. The molecule has 10 nitrogen and oxygen atoms in total. The van der Waals surface area contributed by atoms with Gasteiger partial charge in [0, 0.05) is 24.1 Å². The number of alkyl halides is 3. The maximum Gasteiger partial charge on any atom is 0.418 e. The maximum absolute atomic E-state index is 13.8. The lowest BCUT2D eigenvalue weighted by Gasteiger charge is -2.11. The quantitative estimate of drug-likeness (QED) is 0.227. The van der Waals surface area contributed by atoms with Crippen molar-refractivity contribution in [2.45, 2.75) is 43.8 Å². The summed E-state index contributed by atoms with van der Waals surface area (Å²) in [6.07, 6.45) is -3.30. The van der Waals surface area contributed by atoms with E-state index in [1.165, 1.54) is 10.6 Å². The van der Waals surface area contributed by atoms with Gasteiger partial charge in [0.15, 0.2) is 0 Å². The van der Waals surface area contributed by atoms with E-state index in [1.54, 1.807) is 42.5 Å². The molecule has 0 fully saturated rings. The molecule has 210 valence electrons. The van der Waals surface area contributed by atoms with Gasteiger partial charge in [-0.05, 0) is 29.7 Å². The largest absolute Gasteiger partial charge is 0.418 e. The van der Waals surface area contributed by atoms with E-state index in [1.807, 2.05) is 6.92 Å². The number of hydrogen-bond donors (Lipinski definition) is 1. The highest BCUT2D eigenvalue weighted by atomic mass is 32.2. The predicted molar refractivity (Wildman–Crippen MR) is 140 cm³/mol. The van der Waals surface area contributed by atoms with Crippen molar-refractivity contribution in [3.63, 3.8) is 0 Å². The van der Waals surface area contributed by atoms with Gasteiger partial charge in [-0.25, -0.2) is 18.4 Å². The molecular formula is C26H24F3N5O5S. The number of halogens is 3. The lowest BCUT2D eigenvalue weighted by atomic mass is 10.0. The summed E-state index contributed by atoms with van der Waals surface area (Å²) in [5, 5.41) is 20.6. The molecule has 0 spiro atoms. The Balaban J connectivity index is 1.76. The monoisotopic (exact) mass is 575 g/mol. The minimum absolute atomic E-state index is 0.0245. The first-order valence-electron chi connectivity index (χ1n) is 12.1. The molecule has 3 aromatic carbocycles. The van der Waals surface area contributed by atoms with E-state index in [0.717, 1.165) is 18.6 Å². The van der Waals surface area contributed by atoms with Gasteiger partial charge in [0.05, 0.1) is 27.6 Å². The smallest absolute Gasteiger partial charge is 0.274 e. The first kappa shape index (κ1) is 28.7. The van der Waals surface area contributed by atoms with E-state index in [4.69, 9.17) is 5.14 Å². The standard InChI is InChI=1S/C26H24F3N5O5S/c1-2-3-8-24-31-33(22-14-13-19(34(36)37)15-21(22)26(27,28)29)25(35)32(24)16-17-9-11-18(12-10-17)20-6-4-5-7-23(20)40(30,38)39/h4-7,9-15H,2-3,8,16H2,1H3,(H2,30,38,39). The van der Waals surface area contributed by atoms with Crippen molar-refractivity contribution in [1.29, 1.82) is 0 Å². The molecule has 4 aromatic rings. The summed E-state index contributed by atoms with van der Waals surface area (Å²) in [6.45, 7) is 1.89. The molecule has 0 atom stereocenters. The number of rotatable bonds is 9. The third-order valence-electron chi connectivity index (χ3n) is 6.22. The zero-order valence-corrected chi connectivity index (χ0v) is 21.9. The molecule has 4 rings (SSSR count). The molecular weight excluding hydrogens is 551 g/mol. The summed E-state index contributed by atoms with van der Waals surface area (Å²) >= 11 is 0. The van der Waals surface area contributed by atoms with Crippen LogP contribution in [0.5, 0.6) is 0 Å². The van der Waals surface area contributed by atoms with Crippen LogP contribution in [0.15, 0.2) is 76.4 Å². The van der Waals surface area contributed by atoms with Crippen molar-refractivity contribution >= 4 is 15.7 Å². The molecule has 1 heterocycles. The van der Waals surface area contributed by atoms with Crippen LogP contribution in [0.4, 0.5) is 18.9 Å². The molecule has 0 aliphatic rings. The maximum atomic E-state index is 13.8. The number of nitrogens with zero attached hydrogens (tertiary/aromatic N) is 4. The number of hydrogen-bond acceptors (Lipinski definition) is 6. The summed E-state index contributed by atoms with van der Waals surface area (Å²) in [7, 11) is -3.98. The van der Waals surface area contributed by atoms with Gasteiger partial charge in [-0.15, -0.1) is 5.10 Å². The Hall–Kier alpha value is -4.30. The van der Waals surface area contributed by atoms with Gasteiger partial charge in [0.1, 0.15) is 5.82 Å². The van der Waals surface area contributed by atoms with Gasteiger partial charge < -0.3 is 0 Å². The zero-order chi connectivity index (χ0) is 29.2. The number of aryl methyl sites for hydroxylation is 1. The molecule has 0 saturated heterocycles. The van der Waals surface area contributed by atoms with Crippen molar-refractivity contribution in [2.75, 3.05) is 0 Å². The lowest BCUT2D eigenvalue weighted by Crippen LogP contribution is -2.26. The molecule has 0 amide bonds. The van der Waals surface area contributed by atoms with Crippen LogP contribution in [0.2, 0.25) is 0 Å². The van der Waals surface area contributed by atoms with Crippen molar-refractivity contribution in [3.05, 3.63) is 104 Å². The van der Waals surface area contributed by atoms with E-state index in [9.17, 15) is 36.5 Å². The number of nitro benzene ring substituents is 1.